The van der Waals surface area contributed by atoms with Gasteiger partial charge in [-0.05, 0) is 36.8 Å². The number of halogens is 3. The summed E-state index contributed by atoms with van der Waals surface area (Å²) in [7, 11) is 0. The molecule has 0 saturated carbocycles. The standard InChI is InChI=1S/C14H11F3N6/c1-8-4-10(11-7-19-23-22-11)20-13(5-8)21-12-6-9(2-3-18-12)14(15,16)17/h2-7H,1H3,(H,18,20,21)(H,19,22,23). The first kappa shape index (κ1) is 14.9. The first-order valence-electron chi connectivity index (χ1n) is 6.57. The van der Waals surface area contributed by atoms with Gasteiger partial charge in [0.15, 0.2) is 0 Å². The molecule has 3 aromatic heterocycles. The van der Waals surface area contributed by atoms with E-state index in [0.29, 0.717) is 17.2 Å². The number of aromatic nitrogens is 5. The number of pyridine rings is 2. The summed E-state index contributed by atoms with van der Waals surface area (Å²) >= 11 is 0. The number of aryl methyl sites for hydroxylation is 1. The van der Waals surface area contributed by atoms with E-state index < -0.39 is 11.7 Å². The number of rotatable bonds is 3. The van der Waals surface area contributed by atoms with Gasteiger partial charge in [0.05, 0.1) is 17.5 Å². The molecule has 0 amide bonds. The quantitative estimate of drug-likeness (QED) is 0.774. The van der Waals surface area contributed by atoms with E-state index in [-0.39, 0.29) is 5.82 Å². The summed E-state index contributed by atoms with van der Waals surface area (Å²) in [5.74, 6) is 0.429. The number of alkyl halides is 3. The minimum Gasteiger partial charge on any atom is -0.325 e. The molecule has 0 fully saturated rings. The van der Waals surface area contributed by atoms with Gasteiger partial charge in [0.2, 0.25) is 0 Å². The van der Waals surface area contributed by atoms with Crippen LogP contribution in [0.3, 0.4) is 0 Å². The number of nitrogens with one attached hydrogen (secondary N) is 2. The maximum atomic E-state index is 12.7. The van der Waals surface area contributed by atoms with Crippen LogP contribution in [-0.2, 0) is 6.18 Å². The molecule has 118 valence electrons. The van der Waals surface area contributed by atoms with Crippen LogP contribution in [0.1, 0.15) is 11.1 Å². The summed E-state index contributed by atoms with van der Waals surface area (Å²) in [5, 5.41) is 12.8. The summed E-state index contributed by atoms with van der Waals surface area (Å²) in [4.78, 5) is 8.19. The van der Waals surface area contributed by atoms with Crippen LogP contribution in [0, 0.1) is 6.92 Å². The van der Waals surface area contributed by atoms with Crippen LogP contribution >= 0.6 is 0 Å². The van der Waals surface area contributed by atoms with E-state index in [4.69, 9.17) is 0 Å². The highest BCUT2D eigenvalue weighted by atomic mass is 19.4. The van der Waals surface area contributed by atoms with Crippen molar-refractivity contribution in [3.8, 4) is 11.4 Å². The Balaban J connectivity index is 1.92. The lowest BCUT2D eigenvalue weighted by atomic mass is 10.2. The molecule has 0 aliphatic carbocycles. The number of hydrogen-bond donors (Lipinski definition) is 2. The van der Waals surface area contributed by atoms with Gasteiger partial charge < -0.3 is 5.32 Å². The first-order valence-corrected chi connectivity index (χ1v) is 6.57. The molecule has 0 unspecified atom stereocenters. The zero-order valence-corrected chi connectivity index (χ0v) is 11.9. The number of hydrogen-bond acceptors (Lipinski definition) is 5. The summed E-state index contributed by atoms with van der Waals surface area (Å²) in [6.07, 6.45) is -1.75. The van der Waals surface area contributed by atoms with E-state index in [9.17, 15) is 13.2 Å². The van der Waals surface area contributed by atoms with Gasteiger partial charge in [-0.3, -0.25) is 5.10 Å². The average Bonchev–Trinajstić information content (AvgIpc) is 3.00. The number of H-pyrrole nitrogens is 1. The monoisotopic (exact) mass is 320 g/mol. The Labute approximate surface area is 128 Å². The Morgan fingerprint density at radius 3 is 2.61 bits per heavy atom. The highest BCUT2D eigenvalue weighted by Gasteiger charge is 2.30. The molecule has 23 heavy (non-hydrogen) atoms. The predicted molar refractivity (Wildman–Crippen MR) is 76.9 cm³/mol. The second-order valence-corrected chi connectivity index (χ2v) is 4.83. The number of nitrogens with zero attached hydrogens (tertiary/aromatic N) is 4. The van der Waals surface area contributed by atoms with Crippen LogP contribution in [0.15, 0.2) is 36.7 Å². The summed E-state index contributed by atoms with van der Waals surface area (Å²) in [6.45, 7) is 1.84. The zero-order chi connectivity index (χ0) is 16.4. The topological polar surface area (TPSA) is 79.4 Å². The van der Waals surface area contributed by atoms with Crippen LogP contribution in [0.2, 0.25) is 0 Å². The van der Waals surface area contributed by atoms with Gasteiger partial charge in [-0.2, -0.15) is 13.2 Å². The normalized spacial score (nSPS) is 11.5. The highest BCUT2D eigenvalue weighted by Crippen LogP contribution is 2.30. The van der Waals surface area contributed by atoms with Crippen LogP contribution in [0.4, 0.5) is 24.8 Å². The third-order valence-electron chi connectivity index (χ3n) is 2.99. The minimum absolute atomic E-state index is 0.0593. The highest BCUT2D eigenvalue weighted by molar-refractivity contribution is 5.61. The van der Waals surface area contributed by atoms with E-state index in [1.54, 1.807) is 18.3 Å². The molecular formula is C14H11F3N6. The largest absolute Gasteiger partial charge is 0.416 e. The second kappa shape index (κ2) is 5.67. The second-order valence-electron chi connectivity index (χ2n) is 4.83. The molecule has 3 rings (SSSR count). The maximum Gasteiger partial charge on any atom is 0.416 e. The first-order chi connectivity index (χ1) is 10.9. The zero-order valence-electron chi connectivity index (χ0n) is 11.9. The third-order valence-corrected chi connectivity index (χ3v) is 2.99. The third kappa shape index (κ3) is 3.44. The van der Waals surface area contributed by atoms with Crippen molar-refractivity contribution in [2.24, 2.45) is 0 Å². The van der Waals surface area contributed by atoms with Crippen LogP contribution < -0.4 is 5.32 Å². The smallest absolute Gasteiger partial charge is 0.325 e. The Bertz CT molecular complexity index is 814. The molecule has 0 aliphatic rings. The lowest BCUT2D eigenvalue weighted by molar-refractivity contribution is -0.137. The average molecular weight is 320 g/mol. The van der Waals surface area contributed by atoms with Crippen molar-refractivity contribution < 1.29 is 13.2 Å². The van der Waals surface area contributed by atoms with E-state index in [2.05, 4.69) is 30.7 Å². The van der Waals surface area contributed by atoms with Gasteiger partial charge in [-0.1, -0.05) is 5.21 Å². The van der Waals surface area contributed by atoms with Crippen molar-refractivity contribution in [1.82, 2.24) is 25.4 Å². The molecular weight excluding hydrogens is 309 g/mol. The Morgan fingerprint density at radius 2 is 1.91 bits per heavy atom. The SMILES string of the molecule is Cc1cc(Nc2cc(C(F)(F)F)ccn2)nc(-c2c[nH]nn2)c1. The molecule has 0 saturated heterocycles. The fourth-order valence-electron chi connectivity index (χ4n) is 2.00. The molecule has 9 heteroatoms. The molecule has 0 aliphatic heterocycles. The molecule has 0 radical (unpaired) electrons. The van der Waals surface area contributed by atoms with Gasteiger partial charge in [0, 0.05) is 6.20 Å². The van der Waals surface area contributed by atoms with E-state index >= 15 is 0 Å². The molecule has 6 nitrogen and oxygen atoms in total. The van der Waals surface area contributed by atoms with Crippen molar-refractivity contribution in [1.29, 1.82) is 0 Å². The lowest BCUT2D eigenvalue weighted by Crippen LogP contribution is -2.06. The molecule has 0 atom stereocenters. The van der Waals surface area contributed by atoms with Crippen LogP contribution in [0.25, 0.3) is 11.4 Å². The molecule has 0 spiro atoms. The van der Waals surface area contributed by atoms with Crippen LogP contribution in [0.5, 0.6) is 0 Å². The molecule has 2 N–H and O–H groups in total. The molecule has 0 aromatic carbocycles. The Morgan fingerprint density at radius 1 is 1.09 bits per heavy atom. The van der Waals surface area contributed by atoms with E-state index in [1.165, 1.54) is 0 Å². The van der Waals surface area contributed by atoms with Crippen molar-refractivity contribution in [2.75, 3.05) is 5.32 Å². The van der Waals surface area contributed by atoms with Gasteiger partial charge >= 0.3 is 6.18 Å². The minimum atomic E-state index is -4.43. The molecule has 0 bridgehead atoms. The maximum absolute atomic E-state index is 12.7. The summed E-state index contributed by atoms with van der Waals surface area (Å²) in [5.41, 5.74) is 1.17. The van der Waals surface area contributed by atoms with Crippen molar-refractivity contribution in [2.45, 2.75) is 13.1 Å². The number of anilines is 2. The Hall–Kier alpha value is -2.97. The van der Waals surface area contributed by atoms with Gasteiger partial charge in [0.25, 0.3) is 0 Å². The Kier molecular flexibility index (Phi) is 3.68. The van der Waals surface area contributed by atoms with Gasteiger partial charge in [0.1, 0.15) is 17.3 Å². The predicted octanol–water partition coefficient (Wildman–Crippen LogP) is 3.33. The fourth-order valence-corrected chi connectivity index (χ4v) is 2.00. The van der Waals surface area contributed by atoms with Gasteiger partial charge in [-0.15, -0.1) is 5.10 Å². The van der Waals surface area contributed by atoms with E-state index in [1.807, 2.05) is 6.92 Å². The molecule has 3 aromatic rings. The van der Waals surface area contributed by atoms with Crippen LogP contribution in [-0.4, -0.2) is 25.4 Å². The fraction of sp³-hybridized carbons (Fsp3) is 0.143. The van der Waals surface area contributed by atoms with Crippen molar-refractivity contribution in [3.63, 3.8) is 0 Å². The number of aromatic amines is 1. The summed E-state index contributed by atoms with van der Waals surface area (Å²) < 4.78 is 38.2. The van der Waals surface area contributed by atoms with Crippen molar-refractivity contribution in [3.05, 3.63) is 47.8 Å². The van der Waals surface area contributed by atoms with Gasteiger partial charge in [-0.25, -0.2) is 9.97 Å². The molecule has 3 heterocycles. The van der Waals surface area contributed by atoms with E-state index in [0.717, 1.165) is 23.9 Å². The summed E-state index contributed by atoms with van der Waals surface area (Å²) in [6, 6.07) is 5.34. The van der Waals surface area contributed by atoms with Crippen molar-refractivity contribution >= 4 is 11.6 Å². The lowest BCUT2D eigenvalue weighted by Gasteiger charge is -2.10.